The molecular formula is C17H26N2. The summed E-state index contributed by atoms with van der Waals surface area (Å²) in [5.74, 6) is 0.818. The molecule has 1 aromatic carbocycles. The van der Waals surface area contributed by atoms with Crippen LogP contribution in [0.15, 0.2) is 30.5 Å². The lowest BCUT2D eigenvalue weighted by Crippen LogP contribution is -2.21. The maximum absolute atomic E-state index is 3.54. The fourth-order valence-corrected chi connectivity index (χ4v) is 2.53. The first-order chi connectivity index (χ1) is 9.18. The molecule has 0 fully saturated rings. The van der Waals surface area contributed by atoms with Gasteiger partial charge in [-0.05, 0) is 49.9 Å². The van der Waals surface area contributed by atoms with Gasteiger partial charge in [-0.3, -0.25) is 0 Å². The predicted octanol–water partition coefficient (Wildman–Crippen LogP) is 3.98. The summed E-state index contributed by atoms with van der Waals surface area (Å²) in [5.41, 5.74) is 2.71. The molecule has 1 heterocycles. The SMILES string of the molecule is Cc1cccc2c1ccn2CCNCCCC(C)C. The van der Waals surface area contributed by atoms with Crippen LogP contribution < -0.4 is 5.32 Å². The number of hydrogen-bond acceptors (Lipinski definition) is 1. The van der Waals surface area contributed by atoms with Gasteiger partial charge in [0, 0.05) is 30.2 Å². The molecule has 0 aliphatic carbocycles. The van der Waals surface area contributed by atoms with Gasteiger partial charge in [0.25, 0.3) is 0 Å². The third-order valence-electron chi connectivity index (χ3n) is 3.70. The summed E-state index contributed by atoms with van der Waals surface area (Å²) in [6.07, 6.45) is 4.80. The Balaban J connectivity index is 1.81. The third-order valence-corrected chi connectivity index (χ3v) is 3.70. The van der Waals surface area contributed by atoms with Crippen LogP contribution in [0.3, 0.4) is 0 Å². The molecule has 0 bridgehead atoms. The normalized spacial score (nSPS) is 11.6. The molecule has 0 saturated carbocycles. The first-order valence-corrected chi connectivity index (χ1v) is 7.43. The molecule has 104 valence electrons. The van der Waals surface area contributed by atoms with E-state index in [0.29, 0.717) is 0 Å². The molecule has 2 aromatic rings. The van der Waals surface area contributed by atoms with Gasteiger partial charge in [-0.2, -0.15) is 0 Å². The minimum atomic E-state index is 0.818. The van der Waals surface area contributed by atoms with E-state index in [1.54, 1.807) is 0 Å². The highest BCUT2D eigenvalue weighted by molar-refractivity contribution is 5.83. The standard InChI is InChI=1S/C17H26N2/c1-14(2)6-5-10-18-11-13-19-12-9-16-15(3)7-4-8-17(16)19/h4,7-9,12,14,18H,5-6,10-11,13H2,1-3H3. The van der Waals surface area contributed by atoms with E-state index in [4.69, 9.17) is 0 Å². The van der Waals surface area contributed by atoms with Crippen molar-refractivity contribution in [2.24, 2.45) is 5.92 Å². The van der Waals surface area contributed by atoms with Crippen LogP contribution in [-0.4, -0.2) is 17.7 Å². The number of hydrogen-bond donors (Lipinski definition) is 1. The largest absolute Gasteiger partial charge is 0.346 e. The van der Waals surface area contributed by atoms with E-state index in [9.17, 15) is 0 Å². The minimum absolute atomic E-state index is 0.818. The van der Waals surface area contributed by atoms with Crippen LogP contribution in [0.2, 0.25) is 0 Å². The van der Waals surface area contributed by atoms with Crippen LogP contribution >= 0.6 is 0 Å². The fraction of sp³-hybridized carbons (Fsp3) is 0.529. The molecule has 0 amide bonds. The van der Waals surface area contributed by atoms with Gasteiger partial charge in [-0.1, -0.05) is 26.0 Å². The van der Waals surface area contributed by atoms with E-state index in [1.165, 1.54) is 29.3 Å². The van der Waals surface area contributed by atoms with Crippen LogP contribution in [-0.2, 0) is 6.54 Å². The summed E-state index contributed by atoms with van der Waals surface area (Å²) in [5, 5.41) is 4.91. The van der Waals surface area contributed by atoms with Gasteiger partial charge >= 0.3 is 0 Å². The Hall–Kier alpha value is -1.28. The zero-order valence-corrected chi connectivity index (χ0v) is 12.4. The van der Waals surface area contributed by atoms with E-state index in [1.807, 2.05) is 0 Å². The second kappa shape index (κ2) is 6.76. The number of nitrogens with zero attached hydrogens (tertiary/aromatic N) is 1. The van der Waals surface area contributed by atoms with E-state index >= 15 is 0 Å². The zero-order chi connectivity index (χ0) is 13.7. The molecule has 0 atom stereocenters. The molecule has 19 heavy (non-hydrogen) atoms. The van der Waals surface area contributed by atoms with Crippen molar-refractivity contribution in [3.8, 4) is 0 Å². The number of rotatable bonds is 7. The molecule has 0 spiro atoms. The lowest BCUT2D eigenvalue weighted by Gasteiger charge is -2.08. The summed E-state index contributed by atoms with van der Waals surface area (Å²) >= 11 is 0. The number of aromatic nitrogens is 1. The molecule has 0 aliphatic rings. The molecule has 2 rings (SSSR count). The predicted molar refractivity (Wildman–Crippen MR) is 83.6 cm³/mol. The van der Waals surface area contributed by atoms with Crippen molar-refractivity contribution in [2.75, 3.05) is 13.1 Å². The van der Waals surface area contributed by atoms with Crippen LogP contribution in [0.5, 0.6) is 0 Å². The van der Waals surface area contributed by atoms with Crippen LogP contribution in [0.1, 0.15) is 32.3 Å². The van der Waals surface area contributed by atoms with Gasteiger partial charge in [-0.25, -0.2) is 0 Å². The van der Waals surface area contributed by atoms with E-state index in [0.717, 1.165) is 25.6 Å². The second-order valence-corrected chi connectivity index (χ2v) is 5.80. The summed E-state index contributed by atoms with van der Waals surface area (Å²) in [6, 6.07) is 8.76. The number of nitrogens with one attached hydrogen (secondary N) is 1. The Morgan fingerprint density at radius 1 is 1.16 bits per heavy atom. The molecule has 0 aliphatic heterocycles. The summed E-state index contributed by atoms with van der Waals surface area (Å²) in [6.45, 7) is 9.99. The van der Waals surface area contributed by atoms with Gasteiger partial charge < -0.3 is 9.88 Å². The van der Waals surface area contributed by atoms with Crippen molar-refractivity contribution in [1.29, 1.82) is 0 Å². The van der Waals surface area contributed by atoms with Crippen LogP contribution in [0, 0.1) is 12.8 Å². The zero-order valence-electron chi connectivity index (χ0n) is 12.4. The molecule has 0 unspecified atom stereocenters. The Bertz CT molecular complexity index is 511. The highest BCUT2D eigenvalue weighted by Gasteiger charge is 2.02. The molecule has 0 radical (unpaired) electrons. The van der Waals surface area contributed by atoms with Gasteiger partial charge in [-0.15, -0.1) is 0 Å². The smallest absolute Gasteiger partial charge is 0.0483 e. The molecule has 0 saturated heterocycles. The molecule has 1 N–H and O–H groups in total. The fourth-order valence-electron chi connectivity index (χ4n) is 2.53. The minimum Gasteiger partial charge on any atom is -0.346 e. The summed E-state index contributed by atoms with van der Waals surface area (Å²) in [4.78, 5) is 0. The second-order valence-electron chi connectivity index (χ2n) is 5.80. The molecule has 2 nitrogen and oxygen atoms in total. The van der Waals surface area contributed by atoms with E-state index < -0.39 is 0 Å². The number of fused-ring (bicyclic) bond motifs is 1. The van der Waals surface area contributed by atoms with Crippen molar-refractivity contribution >= 4 is 10.9 Å². The van der Waals surface area contributed by atoms with Gasteiger partial charge in [0.1, 0.15) is 0 Å². The number of aryl methyl sites for hydroxylation is 1. The first kappa shape index (κ1) is 14.1. The topological polar surface area (TPSA) is 17.0 Å². The Morgan fingerprint density at radius 3 is 2.79 bits per heavy atom. The Morgan fingerprint density at radius 2 is 2.00 bits per heavy atom. The monoisotopic (exact) mass is 258 g/mol. The van der Waals surface area contributed by atoms with Crippen molar-refractivity contribution in [3.05, 3.63) is 36.0 Å². The molecule has 2 heteroatoms. The lowest BCUT2D eigenvalue weighted by molar-refractivity contribution is 0.517. The van der Waals surface area contributed by atoms with Crippen LogP contribution in [0.25, 0.3) is 10.9 Å². The summed E-state index contributed by atoms with van der Waals surface area (Å²) < 4.78 is 2.35. The first-order valence-electron chi connectivity index (χ1n) is 7.43. The van der Waals surface area contributed by atoms with Crippen molar-refractivity contribution in [3.63, 3.8) is 0 Å². The summed E-state index contributed by atoms with van der Waals surface area (Å²) in [7, 11) is 0. The molecule has 1 aromatic heterocycles. The average Bonchev–Trinajstić information content (AvgIpc) is 2.78. The average molecular weight is 258 g/mol. The maximum Gasteiger partial charge on any atom is 0.0483 e. The maximum atomic E-state index is 3.54. The van der Waals surface area contributed by atoms with Crippen molar-refractivity contribution < 1.29 is 0 Å². The van der Waals surface area contributed by atoms with Crippen molar-refractivity contribution in [1.82, 2.24) is 9.88 Å². The quantitative estimate of drug-likeness (QED) is 0.743. The van der Waals surface area contributed by atoms with Gasteiger partial charge in [0.2, 0.25) is 0 Å². The Labute approximate surface area is 116 Å². The van der Waals surface area contributed by atoms with Gasteiger partial charge in [0.05, 0.1) is 0 Å². The van der Waals surface area contributed by atoms with E-state index in [-0.39, 0.29) is 0 Å². The van der Waals surface area contributed by atoms with Crippen molar-refractivity contribution in [2.45, 2.75) is 40.2 Å². The highest BCUT2D eigenvalue weighted by atomic mass is 15.0. The Kier molecular flexibility index (Phi) is 5.03. The molecular weight excluding hydrogens is 232 g/mol. The van der Waals surface area contributed by atoms with Gasteiger partial charge in [0.15, 0.2) is 0 Å². The lowest BCUT2D eigenvalue weighted by atomic mass is 10.1. The number of benzene rings is 1. The van der Waals surface area contributed by atoms with Crippen LogP contribution in [0.4, 0.5) is 0 Å². The highest BCUT2D eigenvalue weighted by Crippen LogP contribution is 2.19. The van der Waals surface area contributed by atoms with E-state index in [2.05, 4.69) is 61.1 Å². The third kappa shape index (κ3) is 3.84.